The minimum atomic E-state index is -0.198. The first-order chi connectivity index (χ1) is 11.7. The molecule has 5 nitrogen and oxygen atoms in total. The Morgan fingerprint density at radius 2 is 1.96 bits per heavy atom. The minimum Gasteiger partial charge on any atom is -0.497 e. The molecular formula is C19H21N3O2. The molecule has 2 aromatic carbocycles. The summed E-state index contributed by atoms with van der Waals surface area (Å²) in [5.74, 6) is 0.831. The number of anilines is 1. The van der Waals surface area contributed by atoms with Crippen molar-refractivity contribution in [2.75, 3.05) is 19.0 Å². The molecule has 124 valence electrons. The van der Waals surface area contributed by atoms with Crippen molar-refractivity contribution >= 4 is 22.6 Å². The van der Waals surface area contributed by atoms with E-state index in [1.807, 2.05) is 55.5 Å². The van der Waals surface area contributed by atoms with Crippen LogP contribution in [0.15, 0.2) is 48.5 Å². The fourth-order valence-corrected chi connectivity index (χ4v) is 2.81. The Bertz CT molecular complexity index is 840. The van der Waals surface area contributed by atoms with Gasteiger partial charge in [0.2, 0.25) is 0 Å². The molecule has 0 aliphatic carbocycles. The molecule has 0 aliphatic heterocycles. The van der Waals surface area contributed by atoms with E-state index in [0.717, 1.165) is 34.5 Å². The maximum Gasteiger partial charge on any atom is 0.319 e. The van der Waals surface area contributed by atoms with Crippen molar-refractivity contribution < 1.29 is 9.53 Å². The maximum absolute atomic E-state index is 11.9. The molecule has 24 heavy (non-hydrogen) atoms. The highest BCUT2D eigenvalue weighted by Crippen LogP contribution is 2.26. The molecule has 0 saturated carbocycles. The van der Waals surface area contributed by atoms with Crippen LogP contribution >= 0.6 is 0 Å². The summed E-state index contributed by atoms with van der Waals surface area (Å²) < 4.78 is 5.30. The summed E-state index contributed by atoms with van der Waals surface area (Å²) in [6.45, 7) is 2.61. The number of carbonyl (C=O) groups is 1. The van der Waals surface area contributed by atoms with Crippen LogP contribution in [-0.4, -0.2) is 24.7 Å². The van der Waals surface area contributed by atoms with Crippen LogP contribution < -0.4 is 15.4 Å². The molecule has 0 atom stereocenters. The number of fused-ring (bicyclic) bond motifs is 1. The van der Waals surface area contributed by atoms with E-state index in [0.29, 0.717) is 6.54 Å². The van der Waals surface area contributed by atoms with Gasteiger partial charge >= 0.3 is 6.03 Å². The quantitative estimate of drug-likeness (QED) is 0.667. The topological polar surface area (TPSA) is 66.1 Å². The lowest BCUT2D eigenvalue weighted by Crippen LogP contribution is -2.30. The zero-order valence-corrected chi connectivity index (χ0v) is 13.8. The number of carbonyl (C=O) groups excluding carboxylic acids is 1. The Morgan fingerprint density at radius 3 is 2.71 bits per heavy atom. The fraction of sp³-hybridized carbons (Fsp3) is 0.211. The second kappa shape index (κ2) is 7.08. The molecule has 3 rings (SSSR count). The Kier molecular flexibility index (Phi) is 4.70. The highest BCUT2D eigenvalue weighted by molar-refractivity contribution is 5.89. The number of urea groups is 1. The predicted molar refractivity (Wildman–Crippen MR) is 96.8 cm³/mol. The summed E-state index contributed by atoms with van der Waals surface area (Å²) in [4.78, 5) is 15.3. The summed E-state index contributed by atoms with van der Waals surface area (Å²) >= 11 is 0. The number of hydrogen-bond acceptors (Lipinski definition) is 2. The number of aromatic amines is 1. The monoisotopic (exact) mass is 323 g/mol. The fourth-order valence-electron chi connectivity index (χ4n) is 2.81. The van der Waals surface area contributed by atoms with Crippen LogP contribution in [0.25, 0.3) is 10.9 Å². The van der Waals surface area contributed by atoms with Crippen molar-refractivity contribution in [3.8, 4) is 5.75 Å². The highest BCUT2D eigenvalue weighted by atomic mass is 16.5. The Morgan fingerprint density at radius 1 is 1.17 bits per heavy atom. The van der Waals surface area contributed by atoms with Gasteiger partial charge in [-0.25, -0.2) is 4.79 Å². The Balaban J connectivity index is 1.63. The first-order valence-electron chi connectivity index (χ1n) is 7.92. The third-order valence-corrected chi connectivity index (χ3v) is 4.02. The lowest BCUT2D eigenvalue weighted by molar-refractivity contribution is 0.252. The number of H-pyrrole nitrogens is 1. The normalized spacial score (nSPS) is 10.6. The molecule has 0 aliphatic rings. The predicted octanol–water partition coefficient (Wildman–Crippen LogP) is 3.85. The molecule has 3 aromatic rings. The molecule has 0 fully saturated rings. The number of aromatic nitrogens is 1. The van der Waals surface area contributed by atoms with Gasteiger partial charge in [-0.2, -0.15) is 0 Å². The van der Waals surface area contributed by atoms with E-state index in [9.17, 15) is 4.79 Å². The van der Waals surface area contributed by atoms with Crippen LogP contribution in [0.3, 0.4) is 0 Å². The maximum atomic E-state index is 11.9. The van der Waals surface area contributed by atoms with Crippen LogP contribution in [0.5, 0.6) is 5.75 Å². The summed E-state index contributed by atoms with van der Waals surface area (Å²) in [7, 11) is 1.66. The summed E-state index contributed by atoms with van der Waals surface area (Å²) in [5, 5.41) is 6.85. The molecule has 0 radical (unpaired) electrons. The van der Waals surface area contributed by atoms with Crippen molar-refractivity contribution in [2.24, 2.45) is 0 Å². The van der Waals surface area contributed by atoms with E-state index in [1.165, 1.54) is 5.56 Å². The van der Waals surface area contributed by atoms with Crippen molar-refractivity contribution in [3.63, 3.8) is 0 Å². The van der Waals surface area contributed by atoms with Crippen molar-refractivity contribution in [1.82, 2.24) is 10.3 Å². The average molecular weight is 323 g/mol. The smallest absolute Gasteiger partial charge is 0.319 e. The number of rotatable bonds is 5. The molecule has 2 amide bonds. The van der Waals surface area contributed by atoms with Gasteiger partial charge in [-0.15, -0.1) is 0 Å². The summed E-state index contributed by atoms with van der Waals surface area (Å²) in [6, 6.07) is 15.2. The molecule has 0 unspecified atom stereocenters. The number of para-hydroxylation sites is 1. The summed E-state index contributed by atoms with van der Waals surface area (Å²) in [6.07, 6.45) is 0.751. The van der Waals surface area contributed by atoms with Crippen molar-refractivity contribution in [1.29, 1.82) is 0 Å². The first-order valence-corrected chi connectivity index (χ1v) is 7.92. The number of ether oxygens (including phenoxy) is 1. The SMILES string of the molecule is COc1ccc2[nH]c(C)c(CCNC(=O)Nc3ccccc3)c2c1. The van der Waals surface area contributed by atoms with E-state index >= 15 is 0 Å². The van der Waals surface area contributed by atoms with E-state index in [1.54, 1.807) is 7.11 Å². The number of methoxy groups -OCH3 is 1. The molecule has 0 spiro atoms. The number of aryl methyl sites for hydroxylation is 1. The van der Waals surface area contributed by atoms with Gasteiger partial charge in [-0.1, -0.05) is 18.2 Å². The third-order valence-electron chi connectivity index (χ3n) is 4.02. The van der Waals surface area contributed by atoms with Crippen molar-refractivity contribution in [3.05, 3.63) is 59.8 Å². The van der Waals surface area contributed by atoms with Gasteiger partial charge in [0.25, 0.3) is 0 Å². The van der Waals surface area contributed by atoms with Gasteiger partial charge in [-0.05, 0) is 49.2 Å². The second-order valence-corrected chi connectivity index (χ2v) is 5.64. The number of amides is 2. The average Bonchev–Trinajstić information content (AvgIpc) is 2.90. The third kappa shape index (κ3) is 3.51. The molecule has 1 heterocycles. The van der Waals surface area contributed by atoms with E-state index in [2.05, 4.69) is 15.6 Å². The number of nitrogens with one attached hydrogen (secondary N) is 3. The van der Waals surface area contributed by atoms with Gasteiger partial charge in [0.1, 0.15) is 5.75 Å². The van der Waals surface area contributed by atoms with E-state index in [4.69, 9.17) is 4.74 Å². The van der Waals surface area contributed by atoms with Gasteiger partial charge in [0.15, 0.2) is 0 Å². The van der Waals surface area contributed by atoms with Crippen LogP contribution in [0.2, 0.25) is 0 Å². The minimum absolute atomic E-state index is 0.198. The van der Waals surface area contributed by atoms with Gasteiger partial charge in [0.05, 0.1) is 7.11 Å². The van der Waals surface area contributed by atoms with Gasteiger partial charge in [0, 0.05) is 28.8 Å². The second-order valence-electron chi connectivity index (χ2n) is 5.64. The van der Waals surface area contributed by atoms with Crippen LogP contribution in [0.4, 0.5) is 10.5 Å². The first kappa shape index (κ1) is 15.9. The van der Waals surface area contributed by atoms with Crippen molar-refractivity contribution in [2.45, 2.75) is 13.3 Å². The Hall–Kier alpha value is -2.95. The molecule has 0 bridgehead atoms. The molecular weight excluding hydrogens is 302 g/mol. The molecule has 3 N–H and O–H groups in total. The largest absolute Gasteiger partial charge is 0.497 e. The zero-order valence-electron chi connectivity index (χ0n) is 13.8. The summed E-state index contributed by atoms with van der Waals surface area (Å²) in [5.41, 5.74) is 4.17. The number of hydrogen-bond donors (Lipinski definition) is 3. The lowest BCUT2D eigenvalue weighted by Gasteiger charge is -2.08. The zero-order chi connectivity index (χ0) is 16.9. The molecule has 5 heteroatoms. The standard InChI is InChI=1S/C19H21N3O2/c1-13-16(17-12-15(24-2)8-9-18(17)21-13)10-11-20-19(23)22-14-6-4-3-5-7-14/h3-9,12,21H,10-11H2,1-2H3,(H2,20,22,23). The Labute approximate surface area is 141 Å². The highest BCUT2D eigenvalue weighted by Gasteiger charge is 2.10. The van der Waals surface area contributed by atoms with Crippen LogP contribution in [0.1, 0.15) is 11.3 Å². The molecule has 1 aromatic heterocycles. The number of benzene rings is 2. The van der Waals surface area contributed by atoms with Crippen LogP contribution in [-0.2, 0) is 6.42 Å². The van der Waals surface area contributed by atoms with Crippen LogP contribution in [0, 0.1) is 6.92 Å². The van der Waals surface area contributed by atoms with Gasteiger partial charge in [-0.3, -0.25) is 0 Å². The van der Waals surface area contributed by atoms with Gasteiger partial charge < -0.3 is 20.4 Å². The lowest BCUT2D eigenvalue weighted by atomic mass is 10.1. The molecule has 0 saturated heterocycles. The van der Waals surface area contributed by atoms with E-state index < -0.39 is 0 Å². The van der Waals surface area contributed by atoms with E-state index in [-0.39, 0.29) is 6.03 Å².